The van der Waals surface area contributed by atoms with Crippen LogP contribution >= 0.6 is 0 Å². The minimum Gasteiger partial charge on any atom is -0.465 e. The number of likely N-dealkylation sites (tertiary alicyclic amines) is 1. The Kier molecular flexibility index (Phi) is 12.0. The van der Waals surface area contributed by atoms with Crippen LogP contribution in [0.5, 0.6) is 0 Å². The molecular formula is C16H31NO4. The molecule has 0 saturated carbocycles. The summed E-state index contributed by atoms with van der Waals surface area (Å²) in [6.45, 7) is 7.62. The number of carbonyl (C=O) groups excluding carboxylic acids is 2. The number of carbonyl (C=O) groups is 2. The van der Waals surface area contributed by atoms with Gasteiger partial charge in [-0.15, -0.1) is 0 Å². The largest absolute Gasteiger partial charge is 0.465 e. The highest BCUT2D eigenvalue weighted by Crippen LogP contribution is 2.19. The van der Waals surface area contributed by atoms with Gasteiger partial charge in [0.25, 0.3) is 0 Å². The highest BCUT2D eigenvalue weighted by atomic mass is 16.5. The second kappa shape index (κ2) is 12.6. The van der Waals surface area contributed by atoms with Crippen molar-refractivity contribution in [1.82, 2.24) is 4.90 Å². The lowest BCUT2D eigenvalue weighted by atomic mass is 10.1. The van der Waals surface area contributed by atoms with Crippen molar-refractivity contribution in [3.8, 4) is 0 Å². The van der Waals surface area contributed by atoms with Crippen LogP contribution in [0.25, 0.3) is 0 Å². The number of rotatable bonds is 9. The second-order valence-electron chi connectivity index (χ2n) is 5.05. The van der Waals surface area contributed by atoms with Gasteiger partial charge in [0.1, 0.15) is 0 Å². The molecule has 1 fully saturated rings. The maximum absolute atomic E-state index is 11.8. The number of aliphatic hydroxyl groups is 1. The number of hydrogen-bond donors (Lipinski definition) is 1. The lowest BCUT2D eigenvalue weighted by molar-refractivity contribution is -0.148. The molecule has 124 valence electrons. The van der Waals surface area contributed by atoms with Gasteiger partial charge in [0.15, 0.2) is 0 Å². The molecule has 0 aliphatic carbocycles. The van der Waals surface area contributed by atoms with Gasteiger partial charge < -0.3 is 14.7 Å². The molecule has 21 heavy (non-hydrogen) atoms. The molecular weight excluding hydrogens is 270 g/mol. The summed E-state index contributed by atoms with van der Waals surface area (Å²) in [5, 5.41) is 8.75. The van der Waals surface area contributed by atoms with Gasteiger partial charge in [0.05, 0.1) is 12.5 Å². The Balaban J connectivity index is 0.00000191. The second-order valence-corrected chi connectivity index (χ2v) is 5.05. The lowest BCUT2D eigenvalue weighted by Gasteiger charge is -2.15. The molecule has 5 nitrogen and oxygen atoms in total. The Bertz CT molecular complexity index is 294. The normalized spacial score (nSPS) is 17.4. The first-order valence-corrected chi connectivity index (χ1v) is 8.24. The van der Waals surface area contributed by atoms with Gasteiger partial charge in [-0.25, -0.2) is 0 Å². The van der Waals surface area contributed by atoms with Crippen LogP contribution in [-0.2, 0) is 14.3 Å². The topological polar surface area (TPSA) is 66.8 Å². The molecule has 1 saturated heterocycles. The zero-order valence-corrected chi connectivity index (χ0v) is 13.8. The summed E-state index contributed by atoms with van der Waals surface area (Å²) in [5.41, 5.74) is 0. The minimum atomic E-state index is -0.322. The van der Waals surface area contributed by atoms with Crippen molar-refractivity contribution >= 4 is 11.9 Å². The summed E-state index contributed by atoms with van der Waals surface area (Å²) in [5.74, 6) is -0.588. The number of esters is 1. The van der Waals surface area contributed by atoms with Crippen LogP contribution in [0.15, 0.2) is 0 Å². The molecule has 1 rings (SSSR count). The zero-order valence-electron chi connectivity index (χ0n) is 13.8. The third kappa shape index (κ3) is 8.05. The SMILES string of the molecule is CC.CCCCCCOC(=O)C1CC(=O)N(CCCO)C1. The predicted octanol–water partition coefficient (Wildman–Crippen LogP) is 2.37. The Morgan fingerprint density at radius 1 is 1.29 bits per heavy atom. The van der Waals surface area contributed by atoms with Gasteiger partial charge in [-0.1, -0.05) is 40.0 Å². The van der Waals surface area contributed by atoms with Crippen molar-refractivity contribution in [1.29, 1.82) is 0 Å². The predicted molar refractivity (Wildman–Crippen MR) is 82.8 cm³/mol. The molecule has 0 aromatic heterocycles. The van der Waals surface area contributed by atoms with Crippen LogP contribution in [-0.4, -0.2) is 48.2 Å². The van der Waals surface area contributed by atoms with Crippen LogP contribution in [0, 0.1) is 5.92 Å². The summed E-state index contributed by atoms with van der Waals surface area (Å²) >= 11 is 0. The summed E-state index contributed by atoms with van der Waals surface area (Å²) < 4.78 is 5.21. The summed E-state index contributed by atoms with van der Waals surface area (Å²) in [6, 6.07) is 0. The van der Waals surface area contributed by atoms with E-state index in [1.165, 1.54) is 0 Å². The van der Waals surface area contributed by atoms with Gasteiger partial charge >= 0.3 is 5.97 Å². The monoisotopic (exact) mass is 301 g/mol. The highest BCUT2D eigenvalue weighted by Gasteiger charge is 2.34. The smallest absolute Gasteiger partial charge is 0.311 e. The molecule has 0 aromatic rings. The standard InChI is InChI=1S/C14H25NO4.C2H6/c1-2-3-4-5-9-19-14(18)12-10-13(17)15(11-12)7-6-8-16;1-2/h12,16H,2-11H2,1H3;1-2H3. The van der Waals surface area contributed by atoms with Crippen LogP contribution in [0.2, 0.25) is 0 Å². The Labute approximate surface area is 128 Å². The third-order valence-electron chi connectivity index (χ3n) is 3.38. The van der Waals surface area contributed by atoms with E-state index in [1.807, 2.05) is 13.8 Å². The first kappa shape index (κ1) is 19.9. The number of unbranched alkanes of at least 4 members (excludes halogenated alkanes) is 3. The molecule has 1 atom stereocenters. The molecule has 0 radical (unpaired) electrons. The first-order valence-electron chi connectivity index (χ1n) is 8.24. The van der Waals surface area contributed by atoms with Crippen LogP contribution in [0.3, 0.4) is 0 Å². The Morgan fingerprint density at radius 3 is 2.62 bits per heavy atom. The fourth-order valence-electron chi connectivity index (χ4n) is 2.23. The van der Waals surface area contributed by atoms with Gasteiger partial charge in [-0.2, -0.15) is 0 Å². The lowest BCUT2D eigenvalue weighted by Crippen LogP contribution is -2.28. The van der Waals surface area contributed by atoms with Crippen molar-refractivity contribution in [2.45, 2.75) is 59.3 Å². The molecule has 5 heteroatoms. The summed E-state index contributed by atoms with van der Waals surface area (Å²) in [4.78, 5) is 25.1. The van der Waals surface area contributed by atoms with E-state index in [2.05, 4.69) is 6.92 Å². The average molecular weight is 301 g/mol. The summed E-state index contributed by atoms with van der Waals surface area (Å²) in [7, 11) is 0. The Hall–Kier alpha value is -1.10. The number of aliphatic hydroxyl groups excluding tert-OH is 1. The van der Waals surface area contributed by atoms with Gasteiger partial charge in [0, 0.05) is 26.1 Å². The van der Waals surface area contributed by atoms with Crippen LogP contribution < -0.4 is 0 Å². The molecule has 0 spiro atoms. The van der Waals surface area contributed by atoms with Crippen LogP contribution in [0.1, 0.15) is 59.3 Å². The maximum Gasteiger partial charge on any atom is 0.311 e. The van der Waals surface area contributed by atoms with Crippen molar-refractivity contribution in [2.75, 3.05) is 26.3 Å². The van der Waals surface area contributed by atoms with Crippen molar-refractivity contribution in [3.05, 3.63) is 0 Å². The number of amides is 1. The minimum absolute atomic E-state index is 0.0126. The quantitative estimate of drug-likeness (QED) is 0.524. The first-order chi connectivity index (χ1) is 10.2. The van der Waals surface area contributed by atoms with Gasteiger partial charge in [-0.05, 0) is 12.8 Å². The molecule has 1 N–H and O–H groups in total. The number of nitrogens with zero attached hydrogens (tertiary/aromatic N) is 1. The van der Waals surface area contributed by atoms with E-state index < -0.39 is 0 Å². The van der Waals surface area contributed by atoms with Crippen molar-refractivity contribution in [3.63, 3.8) is 0 Å². The average Bonchev–Trinajstić information content (AvgIpc) is 2.88. The third-order valence-corrected chi connectivity index (χ3v) is 3.38. The number of hydrogen-bond acceptors (Lipinski definition) is 4. The maximum atomic E-state index is 11.8. The summed E-state index contributed by atoms with van der Waals surface area (Å²) in [6.07, 6.45) is 5.10. The van der Waals surface area contributed by atoms with Gasteiger partial charge in [-0.3, -0.25) is 9.59 Å². The van der Waals surface area contributed by atoms with E-state index in [1.54, 1.807) is 4.90 Å². The van der Waals surface area contributed by atoms with E-state index in [0.29, 0.717) is 26.1 Å². The molecule has 0 aromatic carbocycles. The molecule has 0 bridgehead atoms. The van der Waals surface area contributed by atoms with Crippen molar-refractivity contribution < 1.29 is 19.4 Å². The van der Waals surface area contributed by atoms with E-state index in [4.69, 9.17) is 9.84 Å². The van der Waals surface area contributed by atoms with E-state index in [9.17, 15) is 9.59 Å². The van der Waals surface area contributed by atoms with Crippen molar-refractivity contribution in [2.24, 2.45) is 5.92 Å². The molecule has 1 unspecified atom stereocenters. The molecule has 1 aliphatic rings. The fraction of sp³-hybridized carbons (Fsp3) is 0.875. The Morgan fingerprint density at radius 2 is 2.00 bits per heavy atom. The van der Waals surface area contributed by atoms with E-state index in [0.717, 1.165) is 25.7 Å². The van der Waals surface area contributed by atoms with Crippen LogP contribution in [0.4, 0.5) is 0 Å². The molecule has 1 heterocycles. The highest BCUT2D eigenvalue weighted by molar-refractivity contribution is 5.86. The van der Waals surface area contributed by atoms with E-state index in [-0.39, 0.29) is 30.8 Å². The van der Waals surface area contributed by atoms with Gasteiger partial charge in [0.2, 0.25) is 5.91 Å². The molecule has 1 amide bonds. The van der Waals surface area contributed by atoms with E-state index >= 15 is 0 Å². The fourth-order valence-corrected chi connectivity index (χ4v) is 2.23. The zero-order chi connectivity index (χ0) is 16.1. The molecule has 1 aliphatic heterocycles. The number of ether oxygens (including phenoxy) is 1.